The summed E-state index contributed by atoms with van der Waals surface area (Å²) in [6.07, 6.45) is 2.51. The van der Waals surface area contributed by atoms with Crippen LogP contribution in [0.5, 0.6) is 0 Å². The summed E-state index contributed by atoms with van der Waals surface area (Å²) >= 11 is 1.46. The summed E-state index contributed by atoms with van der Waals surface area (Å²) in [7, 11) is 0. The lowest BCUT2D eigenvalue weighted by atomic mass is 10.1. The van der Waals surface area contributed by atoms with Gasteiger partial charge in [0.25, 0.3) is 0 Å². The summed E-state index contributed by atoms with van der Waals surface area (Å²) in [4.78, 5) is 24.2. The number of rotatable bonds is 5. The van der Waals surface area contributed by atoms with E-state index in [0.29, 0.717) is 18.1 Å². The molecule has 0 saturated carbocycles. The molecule has 0 radical (unpaired) electrons. The third kappa shape index (κ3) is 3.12. The number of carbonyl (C=O) groups is 2. The van der Waals surface area contributed by atoms with Crippen LogP contribution in [0.3, 0.4) is 0 Å². The minimum absolute atomic E-state index is 0.231. The van der Waals surface area contributed by atoms with Gasteiger partial charge in [0, 0.05) is 5.75 Å². The number of carboxylic acid groups (broad SMARTS) is 1. The van der Waals surface area contributed by atoms with Crippen LogP contribution in [0.4, 0.5) is 0 Å². The van der Waals surface area contributed by atoms with Gasteiger partial charge in [0.1, 0.15) is 6.04 Å². The van der Waals surface area contributed by atoms with Crippen LogP contribution in [-0.2, 0) is 9.59 Å². The van der Waals surface area contributed by atoms with E-state index in [4.69, 9.17) is 10.8 Å². The highest BCUT2D eigenvalue weighted by atomic mass is 32.2. The van der Waals surface area contributed by atoms with Crippen molar-refractivity contribution in [1.29, 1.82) is 0 Å². The van der Waals surface area contributed by atoms with Crippen molar-refractivity contribution in [3.63, 3.8) is 0 Å². The van der Waals surface area contributed by atoms with Crippen molar-refractivity contribution in [2.45, 2.75) is 38.3 Å². The van der Waals surface area contributed by atoms with Crippen LogP contribution in [0.15, 0.2) is 0 Å². The molecule has 0 aromatic carbocycles. The van der Waals surface area contributed by atoms with Crippen LogP contribution < -0.4 is 5.73 Å². The van der Waals surface area contributed by atoms with Crippen molar-refractivity contribution in [3.8, 4) is 0 Å². The van der Waals surface area contributed by atoms with Gasteiger partial charge in [-0.1, -0.05) is 19.8 Å². The monoisotopic (exact) mass is 246 g/mol. The summed E-state index contributed by atoms with van der Waals surface area (Å²) in [5, 5.41) is 8.94. The van der Waals surface area contributed by atoms with Gasteiger partial charge < -0.3 is 15.7 Å². The third-order valence-corrected chi connectivity index (χ3v) is 3.65. The zero-order valence-corrected chi connectivity index (χ0v) is 10.2. The van der Waals surface area contributed by atoms with Crippen LogP contribution in [0.1, 0.15) is 26.2 Å². The quantitative estimate of drug-likeness (QED) is 0.737. The highest BCUT2D eigenvalue weighted by molar-refractivity contribution is 7.99. The fourth-order valence-corrected chi connectivity index (χ4v) is 2.78. The van der Waals surface area contributed by atoms with Crippen molar-refractivity contribution in [2.24, 2.45) is 5.73 Å². The van der Waals surface area contributed by atoms with Crippen LogP contribution in [0.25, 0.3) is 0 Å². The van der Waals surface area contributed by atoms with Crippen molar-refractivity contribution < 1.29 is 14.7 Å². The predicted octanol–water partition coefficient (Wildman–Crippen LogP) is 0.490. The standard InChI is InChI=1S/C10H18N2O3S/c1-2-3-4-7(11)9(13)12-6-16-5-8(12)10(14)15/h7-8H,2-6,11H2,1H3,(H,14,15). The Hall–Kier alpha value is -0.750. The Kier molecular flexibility index (Phi) is 5.08. The smallest absolute Gasteiger partial charge is 0.327 e. The SMILES string of the molecule is CCCCC(N)C(=O)N1CSCC1C(=O)O. The normalized spacial score (nSPS) is 22.1. The summed E-state index contributed by atoms with van der Waals surface area (Å²) < 4.78 is 0. The van der Waals surface area contributed by atoms with E-state index in [0.717, 1.165) is 12.8 Å². The number of hydrogen-bond acceptors (Lipinski definition) is 4. The minimum Gasteiger partial charge on any atom is -0.480 e. The highest BCUT2D eigenvalue weighted by Gasteiger charge is 2.36. The fourth-order valence-electron chi connectivity index (χ4n) is 1.62. The number of nitrogens with zero attached hydrogens (tertiary/aromatic N) is 1. The minimum atomic E-state index is -0.943. The Balaban J connectivity index is 2.55. The molecule has 1 amide bonds. The second-order valence-electron chi connectivity index (χ2n) is 3.91. The zero-order valence-electron chi connectivity index (χ0n) is 9.39. The molecule has 2 atom stereocenters. The number of hydrogen-bond donors (Lipinski definition) is 2. The van der Waals surface area contributed by atoms with Gasteiger partial charge in [0.2, 0.25) is 5.91 Å². The van der Waals surface area contributed by atoms with Crippen molar-refractivity contribution in [3.05, 3.63) is 0 Å². The molecule has 2 unspecified atom stereocenters. The Labute approximate surface area is 99.4 Å². The number of nitrogens with two attached hydrogens (primary N) is 1. The fraction of sp³-hybridized carbons (Fsp3) is 0.800. The molecule has 1 heterocycles. The lowest BCUT2D eigenvalue weighted by molar-refractivity contribution is -0.148. The Morgan fingerprint density at radius 2 is 2.31 bits per heavy atom. The summed E-state index contributed by atoms with van der Waals surface area (Å²) in [6, 6.07) is -1.26. The lowest BCUT2D eigenvalue weighted by Gasteiger charge is -2.23. The molecule has 0 spiro atoms. The van der Waals surface area contributed by atoms with E-state index in [2.05, 4.69) is 0 Å². The molecule has 0 bridgehead atoms. The van der Waals surface area contributed by atoms with Crippen LogP contribution in [0, 0.1) is 0 Å². The van der Waals surface area contributed by atoms with E-state index in [1.54, 1.807) is 0 Å². The topological polar surface area (TPSA) is 83.6 Å². The molecular formula is C10H18N2O3S. The first-order valence-electron chi connectivity index (χ1n) is 5.44. The molecule has 5 nitrogen and oxygen atoms in total. The van der Waals surface area contributed by atoms with E-state index in [9.17, 15) is 9.59 Å². The molecule has 1 saturated heterocycles. The average Bonchev–Trinajstić information content (AvgIpc) is 2.73. The summed E-state index contributed by atoms with van der Waals surface area (Å²) in [5.74, 6) is -0.274. The van der Waals surface area contributed by atoms with Gasteiger partial charge in [-0.25, -0.2) is 4.79 Å². The van der Waals surface area contributed by atoms with Crippen LogP contribution in [0.2, 0.25) is 0 Å². The van der Waals surface area contributed by atoms with Crippen molar-refractivity contribution in [1.82, 2.24) is 4.90 Å². The molecule has 1 rings (SSSR count). The van der Waals surface area contributed by atoms with Gasteiger partial charge in [-0.3, -0.25) is 4.79 Å². The van der Waals surface area contributed by atoms with E-state index in [1.807, 2.05) is 6.92 Å². The molecule has 1 aliphatic rings. The molecular weight excluding hydrogens is 228 g/mol. The van der Waals surface area contributed by atoms with Crippen molar-refractivity contribution >= 4 is 23.6 Å². The number of thioether (sulfide) groups is 1. The van der Waals surface area contributed by atoms with Crippen LogP contribution in [-0.4, -0.2) is 45.6 Å². The first kappa shape index (κ1) is 13.3. The second-order valence-corrected chi connectivity index (χ2v) is 4.91. The Morgan fingerprint density at radius 3 is 2.88 bits per heavy atom. The molecule has 1 fully saturated rings. The Bertz CT molecular complexity index is 273. The van der Waals surface area contributed by atoms with Crippen LogP contribution >= 0.6 is 11.8 Å². The number of aliphatic carboxylic acids is 1. The molecule has 0 aromatic heterocycles. The molecule has 3 N–H and O–H groups in total. The highest BCUT2D eigenvalue weighted by Crippen LogP contribution is 2.22. The first-order chi connectivity index (χ1) is 7.57. The maximum absolute atomic E-state index is 11.9. The van der Waals surface area contributed by atoms with Gasteiger partial charge in [-0.2, -0.15) is 0 Å². The number of unbranched alkanes of at least 4 members (excludes halogenated alkanes) is 1. The van der Waals surface area contributed by atoms with E-state index in [-0.39, 0.29) is 5.91 Å². The largest absolute Gasteiger partial charge is 0.480 e. The van der Waals surface area contributed by atoms with Gasteiger partial charge in [-0.05, 0) is 6.42 Å². The zero-order chi connectivity index (χ0) is 12.1. The Morgan fingerprint density at radius 1 is 1.62 bits per heavy atom. The van der Waals surface area contributed by atoms with Crippen molar-refractivity contribution in [2.75, 3.05) is 11.6 Å². The average molecular weight is 246 g/mol. The van der Waals surface area contributed by atoms with Gasteiger partial charge in [-0.15, -0.1) is 11.8 Å². The lowest BCUT2D eigenvalue weighted by Crippen LogP contribution is -2.49. The third-order valence-electron chi connectivity index (χ3n) is 2.64. The molecule has 6 heteroatoms. The summed E-state index contributed by atoms with van der Waals surface area (Å²) in [5.41, 5.74) is 5.75. The number of carboxylic acids is 1. The maximum Gasteiger partial charge on any atom is 0.327 e. The molecule has 92 valence electrons. The van der Waals surface area contributed by atoms with E-state index in [1.165, 1.54) is 16.7 Å². The molecule has 0 aliphatic carbocycles. The number of carbonyl (C=O) groups excluding carboxylic acids is 1. The molecule has 0 aromatic rings. The van der Waals surface area contributed by atoms with E-state index < -0.39 is 18.1 Å². The van der Waals surface area contributed by atoms with Gasteiger partial charge >= 0.3 is 5.97 Å². The van der Waals surface area contributed by atoms with Gasteiger partial charge in [0.15, 0.2) is 0 Å². The maximum atomic E-state index is 11.9. The molecule has 16 heavy (non-hydrogen) atoms. The molecule has 1 aliphatic heterocycles. The van der Waals surface area contributed by atoms with E-state index >= 15 is 0 Å². The number of amides is 1. The second kappa shape index (κ2) is 6.10. The summed E-state index contributed by atoms with van der Waals surface area (Å²) in [6.45, 7) is 2.03. The first-order valence-corrected chi connectivity index (χ1v) is 6.60. The van der Waals surface area contributed by atoms with Gasteiger partial charge in [0.05, 0.1) is 11.9 Å². The predicted molar refractivity (Wildman–Crippen MR) is 63.1 cm³/mol.